The zero-order valence-electron chi connectivity index (χ0n) is 28.0. The second kappa shape index (κ2) is 13.2. The van der Waals surface area contributed by atoms with Gasteiger partial charge in [0.2, 0.25) is 0 Å². The van der Waals surface area contributed by atoms with Crippen LogP contribution in [0.4, 0.5) is 34.1 Å². The molecule has 1 heterocycles. The number of para-hydroxylation sites is 6. The molecule has 3 heteroatoms. The first kappa shape index (κ1) is 30.2. The van der Waals surface area contributed by atoms with Crippen LogP contribution >= 0.6 is 0 Å². The van der Waals surface area contributed by atoms with Gasteiger partial charge in [-0.2, -0.15) is 0 Å². The maximum atomic E-state index is 2.38. The van der Waals surface area contributed by atoms with Crippen LogP contribution in [-0.2, 0) is 0 Å². The molecule has 0 N–H and O–H groups in total. The van der Waals surface area contributed by atoms with Gasteiger partial charge in [-0.1, -0.05) is 121 Å². The van der Waals surface area contributed by atoms with E-state index in [4.69, 9.17) is 0 Å². The average molecular weight is 654 g/mol. The molecular formula is C48H35N3. The molecule has 1 aromatic heterocycles. The van der Waals surface area contributed by atoms with E-state index in [1.807, 2.05) is 0 Å². The fourth-order valence-corrected chi connectivity index (χ4v) is 7.26. The van der Waals surface area contributed by atoms with E-state index in [9.17, 15) is 0 Å². The molecule has 9 rings (SSSR count). The van der Waals surface area contributed by atoms with Gasteiger partial charge in [0, 0.05) is 50.5 Å². The molecule has 0 spiro atoms. The normalized spacial score (nSPS) is 11.1. The Balaban J connectivity index is 1.19. The predicted octanol–water partition coefficient (Wildman–Crippen LogP) is 13.4. The van der Waals surface area contributed by atoms with E-state index in [1.165, 1.54) is 21.8 Å². The van der Waals surface area contributed by atoms with Crippen LogP contribution < -0.4 is 9.80 Å². The minimum atomic E-state index is 1.08. The van der Waals surface area contributed by atoms with E-state index in [0.717, 1.165) is 50.9 Å². The van der Waals surface area contributed by atoms with Crippen LogP contribution in [0.1, 0.15) is 0 Å². The summed E-state index contributed by atoms with van der Waals surface area (Å²) in [5, 5.41) is 2.50. The van der Waals surface area contributed by atoms with Crippen molar-refractivity contribution in [1.82, 2.24) is 4.57 Å². The summed E-state index contributed by atoms with van der Waals surface area (Å²) in [6.45, 7) is 0. The highest BCUT2D eigenvalue weighted by atomic mass is 15.2. The Kier molecular flexibility index (Phi) is 7.84. The number of benzene rings is 8. The van der Waals surface area contributed by atoms with Crippen LogP contribution in [-0.4, -0.2) is 4.57 Å². The molecule has 0 amide bonds. The van der Waals surface area contributed by atoms with Gasteiger partial charge in [0.1, 0.15) is 0 Å². The molecular weight excluding hydrogens is 619 g/mol. The quantitative estimate of drug-likeness (QED) is 0.162. The lowest BCUT2D eigenvalue weighted by Gasteiger charge is -2.29. The fourth-order valence-electron chi connectivity index (χ4n) is 7.26. The Labute approximate surface area is 298 Å². The van der Waals surface area contributed by atoms with Crippen molar-refractivity contribution in [3.8, 4) is 16.8 Å². The smallest absolute Gasteiger partial charge is 0.0547 e. The summed E-state index contributed by atoms with van der Waals surface area (Å²) >= 11 is 0. The van der Waals surface area contributed by atoms with Gasteiger partial charge in [0.25, 0.3) is 0 Å². The van der Waals surface area contributed by atoms with Crippen molar-refractivity contribution in [3.05, 3.63) is 212 Å². The van der Waals surface area contributed by atoms with Crippen LogP contribution in [0.5, 0.6) is 0 Å². The Morgan fingerprint density at radius 3 is 1.39 bits per heavy atom. The maximum Gasteiger partial charge on any atom is 0.0547 e. The Hall–Kier alpha value is -6.84. The number of rotatable bonds is 8. The van der Waals surface area contributed by atoms with Gasteiger partial charge in [0.15, 0.2) is 0 Å². The highest BCUT2D eigenvalue weighted by Gasteiger charge is 2.20. The summed E-state index contributed by atoms with van der Waals surface area (Å²) in [7, 11) is 0. The van der Waals surface area contributed by atoms with Gasteiger partial charge in [-0.3, -0.25) is 0 Å². The molecule has 0 aliphatic carbocycles. The largest absolute Gasteiger partial charge is 0.311 e. The van der Waals surface area contributed by atoms with Gasteiger partial charge in [-0.15, -0.1) is 0 Å². The van der Waals surface area contributed by atoms with Crippen molar-refractivity contribution in [1.29, 1.82) is 0 Å². The topological polar surface area (TPSA) is 11.4 Å². The molecule has 9 aromatic rings. The van der Waals surface area contributed by atoms with E-state index in [-0.39, 0.29) is 0 Å². The van der Waals surface area contributed by atoms with E-state index in [2.05, 4.69) is 227 Å². The Morgan fingerprint density at radius 2 is 0.765 bits per heavy atom. The van der Waals surface area contributed by atoms with E-state index in [0.29, 0.717) is 0 Å². The van der Waals surface area contributed by atoms with E-state index in [1.54, 1.807) is 0 Å². The molecule has 0 aliphatic heterocycles. The Morgan fingerprint density at radius 1 is 0.314 bits per heavy atom. The highest BCUT2D eigenvalue weighted by Crippen LogP contribution is 2.43. The summed E-state index contributed by atoms with van der Waals surface area (Å²) in [5.74, 6) is 0. The van der Waals surface area contributed by atoms with E-state index < -0.39 is 0 Å². The SMILES string of the molecule is c1ccc(N(c2ccccc2)c2ccc(N(c3ccccc3)c3ccccc3-c3ccc4c5ccccc5n(-c5ccccc5)c4c3)cc2)cc1. The Bertz CT molecular complexity index is 2520. The molecule has 3 nitrogen and oxygen atoms in total. The second-order valence-corrected chi connectivity index (χ2v) is 12.6. The molecule has 51 heavy (non-hydrogen) atoms. The zero-order valence-corrected chi connectivity index (χ0v) is 28.0. The number of hydrogen-bond acceptors (Lipinski definition) is 2. The van der Waals surface area contributed by atoms with Crippen molar-refractivity contribution < 1.29 is 0 Å². The van der Waals surface area contributed by atoms with Crippen LogP contribution in [0.2, 0.25) is 0 Å². The minimum Gasteiger partial charge on any atom is -0.311 e. The van der Waals surface area contributed by atoms with Gasteiger partial charge < -0.3 is 14.4 Å². The highest BCUT2D eigenvalue weighted by molar-refractivity contribution is 6.10. The summed E-state index contributed by atoms with van der Waals surface area (Å²) in [4.78, 5) is 4.66. The molecule has 0 atom stereocenters. The zero-order chi connectivity index (χ0) is 34.0. The first-order valence-electron chi connectivity index (χ1n) is 17.4. The lowest BCUT2D eigenvalue weighted by Crippen LogP contribution is -2.12. The summed E-state index contributed by atoms with van der Waals surface area (Å²) in [5.41, 5.74) is 12.5. The fraction of sp³-hybridized carbons (Fsp3) is 0. The molecule has 0 unspecified atom stereocenters. The van der Waals surface area contributed by atoms with Crippen molar-refractivity contribution in [2.24, 2.45) is 0 Å². The minimum absolute atomic E-state index is 1.08. The predicted molar refractivity (Wildman–Crippen MR) is 216 cm³/mol. The monoisotopic (exact) mass is 653 g/mol. The molecule has 242 valence electrons. The van der Waals surface area contributed by atoms with E-state index >= 15 is 0 Å². The molecule has 0 saturated heterocycles. The van der Waals surface area contributed by atoms with Crippen molar-refractivity contribution in [2.45, 2.75) is 0 Å². The molecule has 0 fully saturated rings. The molecule has 0 aliphatic rings. The van der Waals surface area contributed by atoms with Crippen molar-refractivity contribution in [3.63, 3.8) is 0 Å². The van der Waals surface area contributed by atoms with Crippen LogP contribution in [0.15, 0.2) is 212 Å². The number of aromatic nitrogens is 1. The molecule has 0 bridgehead atoms. The molecule has 0 saturated carbocycles. The van der Waals surface area contributed by atoms with Crippen molar-refractivity contribution >= 4 is 55.9 Å². The van der Waals surface area contributed by atoms with Gasteiger partial charge in [-0.25, -0.2) is 0 Å². The first-order valence-corrected chi connectivity index (χ1v) is 17.4. The average Bonchev–Trinajstić information content (AvgIpc) is 3.54. The third-order valence-electron chi connectivity index (χ3n) is 9.55. The summed E-state index contributed by atoms with van der Waals surface area (Å²) < 4.78 is 2.38. The third kappa shape index (κ3) is 5.61. The maximum absolute atomic E-state index is 2.38. The van der Waals surface area contributed by atoms with Gasteiger partial charge in [-0.05, 0) is 96.6 Å². The number of hydrogen-bond donors (Lipinski definition) is 0. The number of nitrogens with zero attached hydrogens (tertiary/aromatic N) is 3. The third-order valence-corrected chi connectivity index (χ3v) is 9.55. The van der Waals surface area contributed by atoms with Crippen LogP contribution in [0, 0.1) is 0 Å². The second-order valence-electron chi connectivity index (χ2n) is 12.6. The molecule has 0 radical (unpaired) electrons. The molecule has 8 aromatic carbocycles. The summed E-state index contributed by atoms with van der Waals surface area (Å²) in [6, 6.07) is 75.6. The lowest BCUT2D eigenvalue weighted by atomic mass is 10.00. The number of fused-ring (bicyclic) bond motifs is 3. The van der Waals surface area contributed by atoms with Crippen LogP contribution in [0.3, 0.4) is 0 Å². The number of anilines is 6. The van der Waals surface area contributed by atoms with Gasteiger partial charge >= 0.3 is 0 Å². The lowest BCUT2D eigenvalue weighted by molar-refractivity contribution is 1.18. The first-order chi connectivity index (χ1) is 25.3. The standard InChI is InChI=1S/C48H35N3/c1-5-17-37(18-6-1)49(38-19-7-2-8-20-38)41-30-32-42(33-31-41)50(39-21-9-3-10-22-39)46-27-15-13-25-43(46)36-29-34-45-44-26-14-16-28-47(44)51(48(45)35-36)40-23-11-4-12-24-40/h1-35H. The van der Waals surface area contributed by atoms with Crippen LogP contribution in [0.25, 0.3) is 38.6 Å². The summed E-state index contributed by atoms with van der Waals surface area (Å²) in [6.07, 6.45) is 0. The van der Waals surface area contributed by atoms with Gasteiger partial charge in [0.05, 0.1) is 16.7 Å². The van der Waals surface area contributed by atoms with Crippen molar-refractivity contribution in [2.75, 3.05) is 9.80 Å².